The fourth-order valence-corrected chi connectivity index (χ4v) is 0.398. The van der Waals surface area contributed by atoms with E-state index in [-0.39, 0.29) is 0 Å². The Morgan fingerprint density at radius 3 is 3.00 bits per heavy atom. The molecule has 46 valence electrons. The lowest BCUT2D eigenvalue weighted by atomic mass is 10.7. The van der Waals surface area contributed by atoms with E-state index in [2.05, 4.69) is 9.97 Å². The van der Waals surface area contributed by atoms with Crippen LogP contribution in [0.3, 0.4) is 0 Å². The van der Waals surface area contributed by atoms with E-state index in [4.69, 9.17) is 0 Å². The van der Waals surface area contributed by atoms with Gasteiger partial charge >= 0.3 is 11.1 Å². The molecule has 1 rings (SSSR count). The minimum atomic E-state index is -0.764. The van der Waals surface area contributed by atoms with Gasteiger partial charge in [0.25, 0.3) is 0 Å². The van der Waals surface area contributed by atoms with Gasteiger partial charge in [0.1, 0.15) is 0 Å². The highest BCUT2D eigenvalue weighted by molar-refractivity contribution is 4.79. The van der Waals surface area contributed by atoms with Crippen LogP contribution in [0.1, 0.15) is 0 Å². The Bertz CT molecular complexity index is 274. The minimum Gasteiger partial charge on any atom is -0.324 e. The number of aromatic nitrogens is 2. The van der Waals surface area contributed by atoms with Crippen molar-refractivity contribution in [2.45, 2.75) is 0 Å². The summed E-state index contributed by atoms with van der Waals surface area (Å²) in [7, 11) is 0. The Morgan fingerprint density at radius 2 is 2.22 bits per heavy atom. The number of nitrogens with one attached hydrogen (secondary N) is 1. The van der Waals surface area contributed by atoms with Crippen molar-refractivity contribution in [2.24, 2.45) is 0 Å². The maximum atomic E-state index is 10.4. The third-order valence-corrected chi connectivity index (χ3v) is 0.783. The highest BCUT2D eigenvalue weighted by Gasteiger charge is 1.83. The fourth-order valence-electron chi connectivity index (χ4n) is 0.398. The lowest BCUT2D eigenvalue weighted by Gasteiger charge is -1.60. The average molecular weight is 124 g/mol. The van der Waals surface area contributed by atoms with E-state index in [0.29, 0.717) is 0 Å². The van der Waals surface area contributed by atoms with Gasteiger partial charge in [0.15, 0.2) is 0 Å². The van der Waals surface area contributed by atoms with Gasteiger partial charge in [0.2, 0.25) is 0 Å². The monoisotopic (exact) mass is 124 g/mol. The number of aromatic amines is 1. The Balaban J connectivity index is 3.62. The SMILES string of the molecule is O=c1nccc[nH]c1=O. The summed E-state index contributed by atoms with van der Waals surface area (Å²) in [6.45, 7) is 0. The van der Waals surface area contributed by atoms with Crippen molar-refractivity contribution in [3.05, 3.63) is 39.2 Å². The maximum absolute atomic E-state index is 10.4. The van der Waals surface area contributed by atoms with Gasteiger partial charge in [0, 0.05) is 12.4 Å². The van der Waals surface area contributed by atoms with E-state index < -0.39 is 11.1 Å². The second-order valence-electron chi connectivity index (χ2n) is 1.42. The molecule has 0 aliphatic carbocycles. The molecule has 0 spiro atoms. The van der Waals surface area contributed by atoms with E-state index in [1.807, 2.05) is 0 Å². The molecular weight excluding hydrogens is 120 g/mol. The van der Waals surface area contributed by atoms with Crippen LogP contribution >= 0.6 is 0 Å². The topological polar surface area (TPSA) is 62.8 Å². The van der Waals surface area contributed by atoms with Gasteiger partial charge in [-0.05, 0) is 6.07 Å². The van der Waals surface area contributed by atoms with Crippen molar-refractivity contribution in [3.8, 4) is 0 Å². The quantitative estimate of drug-likeness (QED) is 0.457. The molecule has 1 aromatic heterocycles. The molecule has 0 aliphatic rings. The Hall–Kier alpha value is -1.45. The first kappa shape index (κ1) is 5.68. The number of hydrogen-bond donors (Lipinski definition) is 1. The van der Waals surface area contributed by atoms with Crippen molar-refractivity contribution in [1.29, 1.82) is 0 Å². The van der Waals surface area contributed by atoms with E-state index in [9.17, 15) is 9.59 Å². The van der Waals surface area contributed by atoms with E-state index in [1.165, 1.54) is 18.5 Å². The van der Waals surface area contributed by atoms with E-state index in [1.54, 1.807) is 0 Å². The highest BCUT2D eigenvalue weighted by atomic mass is 16.2. The Morgan fingerprint density at radius 1 is 1.44 bits per heavy atom. The number of rotatable bonds is 0. The summed E-state index contributed by atoms with van der Waals surface area (Å²) in [6, 6.07) is 1.48. The molecule has 0 unspecified atom stereocenters. The van der Waals surface area contributed by atoms with Crippen LogP contribution in [0.15, 0.2) is 28.0 Å². The Labute approximate surface area is 50.2 Å². The molecule has 1 N–H and O–H groups in total. The second-order valence-corrected chi connectivity index (χ2v) is 1.42. The summed E-state index contributed by atoms with van der Waals surface area (Å²) in [4.78, 5) is 26.2. The molecule has 0 atom stereocenters. The van der Waals surface area contributed by atoms with Gasteiger partial charge in [-0.1, -0.05) is 0 Å². The van der Waals surface area contributed by atoms with Gasteiger partial charge in [0.05, 0.1) is 0 Å². The molecule has 0 saturated carbocycles. The molecule has 0 bridgehead atoms. The normalized spacial score (nSPS) is 8.89. The van der Waals surface area contributed by atoms with Crippen molar-refractivity contribution in [3.63, 3.8) is 0 Å². The smallest absolute Gasteiger partial charge is 0.324 e. The minimum absolute atomic E-state index is 0.694. The molecule has 4 nitrogen and oxygen atoms in total. The molecule has 1 aromatic rings. The average Bonchev–Trinajstić information content (AvgIpc) is 1.99. The first-order valence-electron chi connectivity index (χ1n) is 2.35. The van der Waals surface area contributed by atoms with Crippen LogP contribution in [0.2, 0.25) is 0 Å². The lowest BCUT2D eigenvalue weighted by molar-refractivity contribution is 1.16. The standard InChI is InChI=1S/C5H4N2O2/c8-4-5(9)7-3-1-2-6-4/h1-3H,(H,6,7,8,9). The third-order valence-electron chi connectivity index (χ3n) is 0.783. The molecule has 0 fully saturated rings. The predicted molar refractivity (Wildman–Crippen MR) is 31.1 cm³/mol. The Kier molecular flexibility index (Phi) is 1.40. The van der Waals surface area contributed by atoms with Crippen LogP contribution in [-0.4, -0.2) is 9.97 Å². The van der Waals surface area contributed by atoms with Crippen LogP contribution in [-0.2, 0) is 0 Å². The largest absolute Gasteiger partial charge is 0.335 e. The highest BCUT2D eigenvalue weighted by Crippen LogP contribution is 1.59. The second kappa shape index (κ2) is 2.21. The van der Waals surface area contributed by atoms with Crippen LogP contribution in [0.25, 0.3) is 0 Å². The fraction of sp³-hybridized carbons (Fsp3) is 0. The zero-order valence-corrected chi connectivity index (χ0v) is 4.50. The van der Waals surface area contributed by atoms with Crippen LogP contribution in [0.5, 0.6) is 0 Å². The molecule has 0 aromatic carbocycles. The van der Waals surface area contributed by atoms with Gasteiger partial charge in [-0.2, -0.15) is 0 Å². The summed E-state index contributed by atoms with van der Waals surface area (Å²) in [5.74, 6) is 0. The third kappa shape index (κ3) is 1.22. The van der Waals surface area contributed by atoms with Crippen molar-refractivity contribution in [1.82, 2.24) is 9.97 Å². The van der Waals surface area contributed by atoms with Gasteiger partial charge in [-0.3, -0.25) is 9.59 Å². The van der Waals surface area contributed by atoms with Gasteiger partial charge in [-0.25, -0.2) is 4.98 Å². The van der Waals surface area contributed by atoms with Crippen LogP contribution in [0, 0.1) is 0 Å². The molecule has 0 radical (unpaired) electrons. The molecule has 1 heterocycles. The molecule has 0 saturated heterocycles. The van der Waals surface area contributed by atoms with Crippen molar-refractivity contribution < 1.29 is 0 Å². The molecule has 4 heteroatoms. The zero-order chi connectivity index (χ0) is 6.69. The first-order valence-corrected chi connectivity index (χ1v) is 2.35. The summed E-state index contributed by atoms with van der Waals surface area (Å²) in [6.07, 6.45) is 2.62. The maximum Gasteiger partial charge on any atom is 0.335 e. The van der Waals surface area contributed by atoms with Crippen LogP contribution in [0.4, 0.5) is 0 Å². The summed E-state index contributed by atoms with van der Waals surface area (Å²) in [5.41, 5.74) is -1.46. The number of H-pyrrole nitrogens is 1. The summed E-state index contributed by atoms with van der Waals surface area (Å²) < 4.78 is 0. The molecular formula is C5H4N2O2. The molecule has 9 heavy (non-hydrogen) atoms. The van der Waals surface area contributed by atoms with Crippen LogP contribution < -0.4 is 11.1 Å². The van der Waals surface area contributed by atoms with Gasteiger partial charge in [-0.15, -0.1) is 0 Å². The summed E-state index contributed by atoms with van der Waals surface area (Å²) in [5, 5.41) is 0. The number of hydrogen-bond acceptors (Lipinski definition) is 3. The van der Waals surface area contributed by atoms with Crippen molar-refractivity contribution >= 4 is 0 Å². The van der Waals surface area contributed by atoms with Gasteiger partial charge < -0.3 is 4.98 Å². The summed E-state index contributed by atoms with van der Waals surface area (Å²) >= 11 is 0. The predicted octanol–water partition coefficient (Wildman–Crippen LogP) is -0.870. The number of nitrogens with zero attached hydrogens (tertiary/aromatic N) is 1. The van der Waals surface area contributed by atoms with Crippen molar-refractivity contribution in [2.75, 3.05) is 0 Å². The molecule has 0 aliphatic heterocycles. The molecule has 0 amide bonds. The lowest BCUT2D eigenvalue weighted by Crippen LogP contribution is -2.25. The first-order chi connectivity index (χ1) is 4.30. The van der Waals surface area contributed by atoms with E-state index >= 15 is 0 Å². The zero-order valence-electron chi connectivity index (χ0n) is 4.50. The van der Waals surface area contributed by atoms with E-state index in [0.717, 1.165) is 0 Å².